The van der Waals surface area contributed by atoms with E-state index in [1.54, 1.807) is 0 Å². The predicted octanol–water partition coefficient (Wildman–Crippen LogP) is 3.02. The smallest absolute Gasteiger partial charge is 0.148 e. The zero-order valence-corrected chi connectivity index (χ0v) is 15.0. The van der Waals surface area contributed by atoms with Crippen molar-refractivity contribution >= 4 is 0 Å². The van der Waals surface area contributed by atoms with Gasteiger partial charge >= 0.3 is 0 Å². The molecule has 130 valence electrons. The SMILES string of the molecule is Cc1ccccc1CC[C@@H]1CCCN(CCCn2nnnc2C)C1. The highest BCUT2D eigenvalue weighted by Gasteiger charge is 2.19. The van der Waals surface area contributed by atoms with Gasteiger partial charge in [-0.05, 0) is 86.5 Å². The Bertz CT molecular complexity index is 636. The summed E-state index contributed by atoms with van der Waals surface area (Å²) in [6, 6.07) is 8.80. The standard InChI is InChI=1S/C19H29N5/c1-16-7-3-4-9-19(16)11-10-18-8-5-12-23(15-18)13-6-14-24-17(2)20-21-22-24/h3-4,7,9,18H,5-6,8,10-15H2,1-2H3/t18-/m0/s1. The highest BCUT2D eigenvalue weighted by atomic mass is 15.5. The molecule has 1 aliphatic heterocycles. The molecule has 2 aromatic rings. The highest BCUT2D eigenvalue weighted by Crippen LogP contribution is 2.22. The van der Waals surface area contributed by atoms with Crippen LogP contribution in [0.2, 0.25) is 0 Å². The van der Waals surface area contributed by atoms with Crippen molar-refractivity contribution in [2.45, 2.75) is 52.5 Å². The second-order valence-corrected chi connectivity index (χ2v) is 7.08. The average Bonchev–Trinajstić information content (AvgIpc) is 3.00. The fourth-order valence-corrected chi connectivity index (χ4v) is 3.74. The lowest BCUT2D eigenvalue weighted by Gasteiger charge is -2.33. The van der Waals surface area contributed by atoms with Crippen LogP contribution in [0.1, 0.15) is 42.6 Å². The number of hydrogen-bond acceptors (Lipinski definition) is 4. The van der Waals surface area contributed by atoms with Crippen LogP contribution in [0.4, 0.5) is 0 Å². The molecule has 1 aromatic heterocycles. The molecule has 0 spiro atoms. The van der Waals surface area contributed by atoms with Crippen molar-refractivity contribution in [3.05, 3.63) is 41.2 Å². The van der Waals surface area contributed by atoms with Gasteiger partial charge in [0.1, 0.15) is 5.82 Å². The van der Waals surface area contributed by atoms with E-state index in [9.17, 15) is 0 Å². The van der Waals surface area contributed by atoms with Crippen LogP contribution in [0, 0.1) is 19.8 Å². The Balaban J connectivity index is 1.41. The summed E-state index contributed by atoms with van der Waals surface area (Å²) in [6.45, 7) is 8.76. The topological polar surface area (TPSA) is 46.8 Å². The van der Waals surface area contributed by atoms with Gasteiger partial charge in [-0.3, -0.25) is 0 Å². The van der Waals surface area contributed by atoms with Crippen LogP contribution in [0.3, 0.4) is 0 Å². The number of tetrazole rings is 1. The van der Waals surface area contributed by atoms with Gasteiger partial charge in [0.2, 0.25) is 0 Å². The summed E-state index contributed by atoms with van der Waals surface area (Å²) in [4.78, 5) is 2.63. The molecule has 3 rings (SSSR count). The summed E-state index contributed by atoms with van der Waals surface area (Å²) in [5.74, 6) is 1.75. The summed E-state index contributed by atoms with van der Waals surface area (Å²) in [7, 11) is 0. The lowest BCUT2D eigenvalue weighted by Crippen LogP contribution is -2.36. The first-order chi connectivity index (χ1) is 11.7. The lowest BCUT2D eigenvalue weighted by atomic mass is 9.90. The molecular weight excluding hydrogens is 298 g/mol. The van der Waals surface area contributed by atoms with Gasteiger partial charge in [-0.1, -0.05) is 24.3 Å². The first kappa shape index (κ1) is 17.1. The van der Waals surface area contributed by atoms with Crippen LogP contribution in [-0.2, 0) is 13.0 Å². The largest absolute Gasteiger partial charge is 0.303 e. The molecule has 1 saturated heterocycles. The third-order valence-corrected chi connectivity index (χ3v) is 5.24. The Morgan fingerprint density at radius 3 is 2.83 bits per heavy atom. The van der Waals surface area contributed by atoms with Crippen LogP contribution in [0.15, 0.2) is 24.3 Å². The third kappa shape index (κ3) is 4.63. The Morgan fingerprint density at radius 1 is 1.17 bits per heavy atom. The number of benzene rings is 1. The van der Waals surface area contributed by atoms with E-state index in [1.807, 2.05) is 11.6 Å². The van der Waals surface area contributed by atoms with Gasteiger partial charge in [0, 0.05) is 13.1 Å². The molecule has 1 atom stereocenters. The minimum Gasteiger partial charge on any atom is -0.303 e. The van der Waals surface area contributed by atoms with Crippen molar-refractivity contribution in [2.75, 3.05) is 19.6 Å². The van der Waals surface area contributed by atoms with Crippen LogP contribution in [-0.4, -0.2) is 44.7 Å². The van der Waals surface area contributed by atoms with Crippen LogP contribution < -0.4 is 0 Å². The molecule has 0 N–H and O–H groups in total. The first-order valence-corrected chi connectivity index (χ1v) is 9.22. The molecule has 0 radical (unpaired) electrons. The fourth-order valence-electron chi connectivity index (χ4n) is 3.74. The Hall–Kier alpha value is -1.75. The number of hydrogen-bond donors (Lipinski definition) is 0. The van der Waals surface area contributed by atoms with Crippen LogP contribution in [0.25, 0.3) is 0 Å². The number of likely N-dealkylation sites (tertiary alicyclic amines) is 1. The van der Waals surface area contributed by atoms with Crippen molar-refractivity contribution in [3.63, 3.8) is 0 Å². The van der Waals surface area contributed by atoms with Gasteiger partial charge < -0.3 is 4.90 Å². The van der Waals surface area contributed by atoms with Gasteiger partial charge in [0.15, 0.2) is 0 Å². The first-order valence-electron chi connectivity index (χ1n) is 9.22. The van der Waals surface area contributed by atoms with E-state index in [1.165, 1.54) is 49.9 Å². The maximum Gasteiger partial charge on any atom is 0.148 e. The third-order valence-electron chi connectivity index (χ3n) is 5.24. The maximum atomic E-state index is 4.02. The van der Waals surface area contributed by atoms with Gasteiger partial charge in [0.05, 0.1) is 0 Å². The van der Waals surface area contributed by atoms with E-state index in [0.29, 0.717) is 0 Å². The zero-order chi connectivity index (χ0) is 16.8. The molecule has 0 amide bonds. The summed E-state index contributed by atoms with van der Waals surface area (Å²) in [5.41, 5.74) is 2.95. The fraction of sp³-hybridized carbons (Fsp3) is 0.632. The van der Waals surface area contributed by atoms with Crippen molar-refractivity contribution in [2.24, 2.45) is 5.92 Å². The summed E-state index contributed by atoms with van der Waals surface area (Å²) in [6.07, 6.45) is 6.37. The second kappa shape index (κ2) is 8.38. The zero-order valence-electron chi connectivity index (χ0n) is 15.0. The quantitative estimate of drug-likeness (QED) is 0.784. The Morgan fingerprint density at radius 2 is 2.04 bits per heavy atom. The number of nitrogens with zero attached hydrogens (tertiary/aromatic N) is 5. The van der Waals surface area contributed by atoms with Gasteiger partial charge in [-0.15, -0.1) is 5.10 Å². The second-order valence-electron chi connectivity index (χ2n) is 7.08. The minimum atomic E-state index is 0.841. The number of aromatic nitrogens is 4. The van der Waals surface area contributed by atoms with Crippen molar-refractivity contribution < 1.29 is 0 Å². The molecule has 0 bridgehead atoms. The average molecular weight is 327 g/mol. The van der Waals surface area contributed by atoms with E-state index >= 15 is 0 Å². The Labute approximate surface area is 145 Å². The van der Waals surface area contributed by atoms with E-state index in [2.05, 4.69) is 51.6 Å². The van der Waals surface area contributed by atoms with Gasteiger partial charge in [-0.2, -0.15) is 0 Å². The van der Waals surface area contributed by atoms with Crippen molar-refractivity contribution in [1.82, 2.24) is 25.1 Å². The Kier molecular flexibility index (Phi) is 5.96. The molecule has 0 saturated carbocycles. The van der Waals surface area contributed by atoms with Crippen molar-refractivity contribution in [1.29, 1.82) is 0 Å². The van der Waals surface area contributed by atoms with E-state index < -0.39 is 0 Å². The number of piperidine rings is 1. The molecular formula is C19H29N5. The summed E-state index contributed by atoms with van der Waals surface area (Å²) >= 11 is 0. The summed E-state index contributed by atoms with van der Waals surface area (Å²) in [5, 5.41) is 11.7. The monoisotopic (exact) mass is 327 g/mol. The lowest BCUT2D eigenvalue weighted by molar-refractivity contribution is 0.164. The van der Waals surface area contributed by atoms with Gasteiger partial charge in [-0.25, -0.2) is 4.68 Å². The molecule has 0 unspecified atom stereocenters. The predicted molar refractivity (Wildman–Crippen MR) is 95.8 cm³/mol. The number of rotatable bonds is 7. The summed E-state index contributed by atoms with van der Waals surface area (Å²) < 4.78 is 1.90. The molecule has 5 nitrogen and oxygen atoms in total. The van der Waals surface area contributed by atoms with Crippen LogP contribution >= 0.6 is 0 Å². The molecule has 5 heteroatoms. The molecule has 2 heterocycles. The number of aryl methyl sites for hydroxylation is 4. The van der Waals surface area contributed by atoms with Gasteiger partial charge in [0.25, 0.3) is 0 Å². The van der Waals surface area contributed by atoms with E-state index in [-0.39, 0.29) is 0 Å². The van der Waals surface area contributed by atoms with Crippen LogP contribution in [0.5, 0.6) is 0 Å². The van der Waals surface area contributed by atoms with Crippen molar-refractivity contribution in [3.8, 4) is 0 Å². The van der Waals surface area contributed by atoms with E-state index in [4.69, 9.17) is 0 Å². The molecule has 1 fully saturated rings. The molecule has 1 aliphatic rings. The molecule has 24 heavy (non-hydrogen) atoms. The maximum absolute atomic E-state index is 4.02. The normalized spacial score (nSPS) is 18.8. The minimum absolute atomic E-state index is 0.841. The molecule has 1 aromatic carbocycles. The van der Waals surface area contributed by atoms with E-state index in [0.717, 1.165) is 31.3 Å². The molecule has 0 aliphatic carbocycles. The highest BCUT2D eigenvalue weighted by molar-refractivity contribution is 5.25.